The summed E-state index contributed by atoms with van der Waals surface area (Å²) in [5, 5.41) is 6.89. The van der Waals surface area contributed by atoms with Crippen LogP contribution in [0.15, 0.2) is 30.3 Å². The van der Waals surface area contributed by atoms with Crippen molar-refractivity contribution in [1.82, 2.24) is 10.2 Å². The number of ether oxygens (including phenoxy) is 1. The Hall–Kier alpha value is -1.81. The number of benzene rings is 1. The van der Waals surface area contributed by atoms with Gasteiger partial charge in [0, 0.05) is 19.6 Å². The van der Waals surface area contributed by atoms with Crippen molar-refractivity contribution in [3.05, 3.63) is 35.9 Å². The summed E-state index contributed by atoms with van der Waals surface area (Å²) in [5.74, 6) is 0.519. The summed E-state index contributed by atoms with van der Waals surface area (Å²) < 4.78 is 5.56. The first kappa shape index (κ1) is 11.3. The lowest BCUT2D eigenvalue weighted by Crippen LogP contribution is -2.14. The number of H-pyrrole nitrogens is 1. The molecule has 0 atom stereocenters. The highest BCUT2D eigenvalue weighted by atomic mass is 16.5. The number of nitrogens with zero attached hydrogens (tertiary/aromatic N) is 1. The Balaban J connectivity index is 1.85. The van der Waals surface area contributed by atoms with Gasteiger partial charge in [-0.1, -0.05) is 18.2 Å². The van der Waals surface area contributed by atoms with Crippen molar-refractivity contribution in [3.63, 3.8) is 0 Å². The quantitative estimate of drug-likeness (QED) is 0.866. The predicted octanol–water partition coefficient (Wildman–Crippen LogP) is 2.38. The standard InChI is InChI=1S/C14H17N3O/c1-18-14(5-6-14)9-10-3-2-4-11(7-10)12-8-13(15)17-16-12/h2-4,7-8H,5-6,9H2,1H3,(H3,15,16,17). The van der Waals surface area contributed by atoms with Gasteiger partial charge < -0.3 is 10.5 Å². The van der Waals surface area contributed by atoms with Gasteiger partial charge in [0.2, 0.25) is 0 Å². The summed E-state index contributed by atoms with van der Waals surface area (Å²) in [6.07, 6.45) is 3.29. The number of nitrogen functional groups attached to an aromatic ring is 1. The molecule has 4 nitrogen and oxygen atoms in total. The summed E-state index contributed by atoms with van der Waals surface area (Å²) >= 11 is 0. The fraction of sp³-hybridized carbons (Fsp3) is 0.357. The molecular formula is C14H17N3O. The monoisotopic (exact) mass is 243 g/mol. The van der Waals surface area contributed by atoms with Crippen molar-refractivity contribution in [2.45, 2.75) is 24.9 Å². The normalized spacial score (nSPS) is 16.7. The predicted molar refractivity (Wildman–Crippen MR) is 71.1 cm³/mol. The lowest BCUT2D eigenvalue weighted by molar-refractivity contribution is 0.0808. The molecule has 1 saturated carbocycles. The number of hydrogen-bond donors (Lipinski definition) is 2. The van der Waals surface area contributed by atoms with E-state index >= 15 is 0 Å². The van der Waals surface area contributed by atoms with Crippen LogP contribution in [0.3, 0.4) is 0 Å². The van der Waals surface area contributed by atoms with Crippen LogP contribution in [0.1, 0.15) is 18.4 Å². The summed E-state index contributed by atoms with van der Waals surface area (Å²) in [6.45, 7) is 0. The van der Waals surface area contributed by atoms with Crippen molar-refractivity contribution in [3.8, 4) is 11.3 Å². The fourth-order valence-electron chi connectivity index (χ4n) is 2.30. The molecule has 1 aromatic carbocycles. The SMILES string of the molecule is COC1(Cc2cccc(-c3cc(N)n[nH]3)c2)CC1. The van der Waals surface area contributed by atoms with E-state index in [1.54, 1.807) is 7.11 Å². The maximum atomic E-state index is 5.62. The van der Waals surface area contributed by atoms with Gasteiger partial charge in [0.25, 0.3) is 0 Å². The molecule has 94 valence electrons. The van der Waals surface area contributed by atoms with E-state index in [0.717, 1.165) is 30.5 Å². The van der Waals surface area contributed by atoms with Crippen LogP contribution >= 0.6 is 0 Å². The minimum Gasteiger partial charge on any atom is -0.382 e. The average Bonchev–Trinajstić information content (AvgIpc) is 3.02. The molecule has 18 heavy (non-hydrogen) atoms. The van der Waals surface area contributed by atoms with Crippen molar-refractivity contribution < 1.29 is 4.74 Å². The summed E-state index contributed by atoms with van der Waals surface area (Å²) in [4.78, 5) is 0. The maximum absolute atomic E-state index is 5.62. The van der Waals surface area contributed by atoms with Crippen LogP contribution in [0.2, 0.25) is 0 Å². The lowest BCUT2D eigenvalue weighted by atomic mass is 10.0. The molecule has 0 amide bonds. The lowest BCUT2D eigenvalue weighted by Gasteiger charge is -2.13. The van der Waals surface area contributed by atoms with Crippen LogP contribution in [-0.2, 0) is 11.2 Å². The summed E-state index contributed by atoms with van der Waals surface area (Å²) in [5.41, 5.74) is 9.08. The van der Waals surface area contributed by atoms with Gasteiger partial charge in [-0.15, -0.1) is 0 Å². The molecule has 4 heteroatoms. The van der Waals surface area contributed by atoms with Crippen LogP contribution in [0.5, 0.6) is 0 Å². The number of rotatable bonds is 4. The highest BCUT2D eigenvalue weighted by Gasteiger charge is 2.42. The molecule has 3 N–H and O–H groups in total. The van der Waals surface area contributed by atoms with Gasteiger partial charge in [0.05, 0.1) is 11.3 Å². The fourth-order valence-corrected chi connectivity index (χ4v) is 2.30. The van der Waals surface area contributed by atoms with Crippen molar-refractivity contribution in [2.75, 3.05) is 12.8 Å². The first-order chi connectivity index (χ1) is 8.71. The molecule has 0 spiro atoms. The van der Waals surface area contributed by atoms with Crippen molar-refractivity contribution >= 4 is 5.82 Å². The molecule has 1 aliphatic carbocycles. The third-order valence-corrected chi connectivity index (χ3v) is 3.60. The Morgan fingerprint density at radius 2 is 2.22 bits per heavy atom. The second kappa shape index (κ2) is 4.14. The number of nitrogens with one attached hydrogen (secondary N) is 1. The van der Waals surface area contributed by atoms with Crippen molar-refractivity contribution in [2.24, 2.45) is 0 Å². The smallest absolute Gasteiger partial charge is 0.145 e. The zero-order valence-corrected chi connectivity index (χ0v) is 10.4. The van der Waals surface area contributed by atoms with E-state index in [4.69, 9.17) is 10.5 Å². The Morgan fingerprint density at radius 3 is 2.83 bits per heavy atom. The van der Waals surface area contributed by atoms with Crippen LogP contribution in [-0.4, -0.2) is 22.9 Å². The van der Waals surface area contributed by atoms with Gasteiger partial charge >= 0.3 is 0 Å². The molecule has 0 radical (unpaired) electrons. The van der Waals surface area contributed by atoms with E-state index in [2.05, 4.69) is 34.5 Å². The first-order valence-electron chi connectivity index (χ1n) is 6.16. The van der Waals surface area contributed by atoms with E-state index in [1.807, 2.05) is 6.07 Å². The topological polar surface area (TPSA) is 63.9 Å². The molecule has 2 aromatic rings. The molecule has 0 unspecified atom stereocenters. The van der Waals surface area contributed by atoms with E-state index in [0.29, 0.717) is 5.82 Å². The zero-order chi connectivity index (χ0) is 12.6. The average molecular weight is 243 g/mol. The Kier molecular flexibility index (Phi) is 2.59. The summed E-state index contributed by atoms with van der Waals surface area (Å²) in [6, 6.07) is 10.3. The summed E-state index contributed by atoms with van der Waals surface area (Å²) in [7, 11) is 1.80. The second-order valence-electron chi connectivity index (χ2n) is 4.97. The number of aromatic amines is 1. The first-order valence-corrected chi connectivity index (χ1v) is 6.16. The molecule has 0 aliphatic heterocycles. The minimum absolute atomic E-state index is 0.0889. The third kappa shape index (κ3) is 2.11. The molecule has 1 aliphatic rings. The van der Waals surface area contributed by atoms with Gasteiger partial charge in [-0.25, -0.2) is 0 Å². The number of anilines is 1. The number of nitrogens with two attached hydrogens (primary N) is 1. The Morgan fingerprint density at radius 1 is 1.39 bits per heavy atom. The van der Waals surface area contributed by atoms with Crippen molar-refractivity contribution in [1.29, 1.82) is 0 Å². The van der Waals surface area contributed by atoms with Gasteiger partial charge in [0.15, 0.2) is 0 Å². The van der Waals surface area contributed by atoms with Crippen LogP contribution in [0.25, 0.3) is 11.3 Å². The molecule has 0 saturated heterocycles. The van der Waals surface area contributed by atoms with Crippen LogP contribution in [0, 0.1) is 0 Å². The molecule has 1 fully saturated rings. The minimum atomic E-state index is 0.0889. The van der Waals surface area contributed by atoms with Gasteiger partial charge in [0.1, 0.15) is 5.82 Å². The van der Waals surface area contributed by atoms with E-state index in [1.165, 1.54) is 5.56 Å². The van der Waals surface area contributed by atoms with Gasteiger partial charge in [-0.3, -0.25) is 5.10 Å². The van der Waals surface area contributed by atoms with Crippen LogP contribution in [0.4, 0.5) is 5.82 Å². The molecule has 1 aromatic heterocycles. The second-order valence-corrected chi connectivity index (χ2v) is 4.97. The maximum Gasteiger partial charge on any atom is 0.145 e. The highest BCUT2D eigenvalue weighted by Crippen LogP contribution is 2.42. The number of methoxy groups -OCH3 is 1. The van der Waals surface area contributed by atoms with Crippen LogP contribution < -0.4 is 5.73 Å². The van der Waals surface area contributed by atoms with E-state index in [9.17, 15) is 0 Å². The molecule has 0 bridgehead atoms. The van der Waals surface area contributed by atoms with Gasteiger partial charge in [-0.05, 0) is 30.0 Å². The number of hydrogen-bond acceptors (Lipinski definition) is 3. The molecule has 3 rings (SSSR count). The molecular weight excluding hydrogens is 226 g/mol. The van der Waals surface area contributed by atoms with E-state index < -0.39 is 0 Å². The zero-order valence-electron chi connectivity index (χ0n) is 10.4. The number of aromatic nitrogens is 2. The third-order valence-electron chi connectivity index (χ3n) is 3.60. The van der Waals surface area contributed by atoms with Gasteiger partial charge in [-0.2, -0.15) is 5.10 Å². The largest absolute Gasteiger partial charge is 0.382 e. The molecule has 1 heterocycles. The highest BCUT2D eigenvalue weighted by molar-refractivity contribution is 5.62. The Labute approximate surface area is 106 Å². The Bertz CT molecular complexity index is 558. The van der Waals surface area contributed by atoms with E-state index in [-0.39, 0.29) is 5.60 Å².